The summed E-state index contributed by atoms with van der Waals surface area (Å²) in [5.41, 5.74) is 0.493. The maximum Gasteiger partial charge on any atom is 0.252 e. The highest BCUT2D eigenvalue weighted by molar-refractivity contribution is 9.10. The molecule has 0 saturated heterocycles. The van der Waals surface area contributed by atoms with Gasteiger partial charge in [0.05, 0.1) is 10.6 Å². The van der Waals surface area contributed by atoms with E-state index >= 15 is 0 Å². The molecule has 2 N–H and O–H groups in total. The minimum absolute atomic E-state index is 0.149. The van der Waals surface area contributed by atoms with Crippen molar-refractivity contribution in [3.8, 4) is 0 Å². The number of likely N-dealkylation sites (N-methyl/N-ethyl adjacent to an activating group) is 1. The van der Waals surface area contributed by atoms with Gasteiger partial charge in [0.25, 0.3) is 5.91 Å². The molecule has 0 unspecified atom stereocenters. The van der Waals surface area contributed by atoms with Crippen LogP contribution in [0.15, 0.2) is 22.7 Å². The Balaban J connectivity index is 2.56. The van der Waals surface area contributed by atoms with Gasteiger partial charge in [-0.1, -0.05) is 24.6 Å². The quantitative estimate of drug-likeness (QED) is 0.821. The van der Waals surface area contributed by atoms with Gasteiger partial charge in [-0.05, 0) is 34.6 Å². The predicted molar refractivity (Wildman–Crippen MR) is 70.0 cm³/mol. The Hall–Kier alpha value is -0.580. The second-order valence-corrected chi connectivity index (χ2v) is 4.44. The molecule has 0 aliphatic carbocycles. The van der Waals surface area contributed by atoms with Crippen LogP contribution in [0.4, 0.5) is 0 Å². The van der Waals surface area contributed by atoms with Crippen LogP contribution >= 0.6 is 27.5 Å². The summed E-state index contributed by atoms with van der Waals surface area (Å²) >= 11 is 9.29. The standard InChI is InChI=1S/C11H14BrClN2O/c1-2-14-6-7-15-11(16)8-4-3-5-9(12)10(8)13/h3-5,14H,2,6-7H2,1H3,(H,15,16). The van der Waals surface area contributed by atoms with Gasteiger partial charge >= 0.3 is 0 Å². The topological polar surface area (TPSA) is 41.1 Å². The molecule has 1 amide bonds. The Kier molecular flexibility index (Phi) is 5.80. The van der Waals surface area contributed by atoms with E-state index in [1.165, 1.54) is 0 Å². The normalized spacial score (nSPS) is 10.2. The van der Waals surface area contributed by atoms with Crippen LogP contribution in [0.5, 0.6) is 0 Å². The van der Waals surface area contributed by atoms with E-state index in [0.717, 1.165) is 17.6 Å². The molecule has 0 fully saturated rings. The van der Waals surface area contributed by atoms with Crippen LogP contribution < -0.4 is 10.6 Å². The third-order valence-corrected chi connectivity index (χ3v) is 3.33. The maximum atomic E-state index is 11.7. The van der Waals surface area contributed by atoms with E-state index in [-0.39, 0.29) is 5.91 Å². The first-order chi connectivity index (χ1) is 7.66. The van der Waals surface area contributed by atoms with Gasteiger partial charge in [0.15, 0.2) is 0 Å². The third-order valence-electron chi connectivity index (χ3n) is 2.03. The highest BCUT2D eigenvalue weighted by atomic mass is 79.9. The molecule has 0 aliphatic rings. The van der Waals surface area contributed by atoms with Gasteiger partial charge in [-0.2, -0.15) is 0 Å². The average Bonchev–Trinajstić information content (AvgIpc) is 2.28. The minimum atomic E-state index is -0.149. The molecular formula is C11H14BrClN2O. The number of halogens is 2. The number of nitrogens with one attached hydrogen (secondary N) is 2. The van der Waals surface area contributed by atoms with Gasteiger partial charge in [-0.15, -0.1) is 0 Å². The van der Waals surface area contributed by atoms with Gasteiger partial charge < -0.3 is 10.6 Å². The van der Waals surface area contributed by atoms with Crippen LogP contribution in [0.2, 0.25) is 5.02 Å². The van der Waals surface area contributed by atoms with Crippen LogP contribution in [-0.4, -0.2) is 25.5 Å². The number of hydrogen-bond donors (Lipinski definition) is 2. The van der Waals surface area contributed by atoms with Crippen molar-refractivity contribution in [1.29, 1.82) is 0 Å². The zero-order valence-electron chi connectivity index (χ0n) is 9.02. The molecule has 0 heterocycles. The van der Waals surface area contributed by atoms with Crippen LogP contribution in [0, 0.1) is 0 Å². The fraction of sp³-hybridized carbons (Fsp3) is 0.364. The Morgan fingerprint density at radius 2 is 2.19 bits per heavy atom. The predicted octanol–water partition coefficient (Wildman–Crippen LogP) is 2.44. The fourth-order valence-corrected chi connectivity index (χ4v) is 1.79. The molecule has 0 radical (unpaired) electrons. The summed E-state index contributed by atoms with van der Waals surface area (Å²) in [6.07, 6.45) is 0. The van der Waals surface area contributed by atoms with Crippen molar-refractivity contribution in [2.45, 2.75) is 6.92 Å². The molecule has 0 spiro atoms. The van der Waals surface area contributed by atoms with Crippen molar-refractivity contribution in [1.82, 2.24) is 10.6 Å². The SMILES string of the molecule is CCNCCNC(=O)c1cccc(Br)c1Cl. The van der Waals surface area contributed by atoms with Crippen LogP contribution in [0.1, 0.15) is 17.3 Å². The Labute approximate surface area is 109 Å². The first-order valence-corrected chi connectivity index (χ1v) is 6.26. The summed E-state index contributed by atoms with van der Waals surface area (Å²) in [4.78, 5) is 11.7. The molecule has 0 aromatic heterocycles. The lowest BCUT2D eigenvalue weighted by Crippen LogP contribution is -2.31. The molecule has 16 heavy (non-hydrogen) atoms. The highest BCUT2D eigenvalue weighted by Crippen LogP contribution is 2.25. The molecule has 88 valence electrons. The highest BCUT2D eigenvalue weighted by Gasteiger charge is 2.11. The average molecular weight is 306 g/mol. The van der Waals surface area contributed by atoms with Crippen LogP contribution in [0.25, 0.3) is 0 Å². The van der Waals surface area contributed by atoms with Gasteiger partial charge in [0.2, 0.25) is 0 Å². The first-order valence-electron chi connectivity index (χ1n) is 5.09. The van der Waals surface area contributed by atoms with Crippen LogP contribution in [-0.2, 0) is 0 Å². The van der Waals surface area contributed by atoms with Crippen molar-refractivity contribution in [3.63, 3.8) is 0 Å². The van der Waals surface area contributed by atoms with Gasteiger partial charge in [-0.3, -0.25) is 4.79 Å². The summed E-state index contributed by atoms with van der Waals surface area (Å²) in [7, 11) is 0. The van der Waals surface area contributed by atoms with E-state index in [1.807, 2.05) is 6.92 Å². The molecule has 0 bridgehead atoms. The van der Waals surface area contributed by atoms with Crippen molar-refractivity contribution in [2.24, 2.45) is 0 Å². The van der Waals surface area contributed by atoms with Crippen molar-refractivity contribution < 1.29 is 4.79 Å². The fourth-order valence-electron chi connectivity index (χ4n) is 1.22. The largest absolute Gasteiger partial charge is 0.351 e. The maximum absolute atomic E-state index is 11.7. The molecular weight excluding hydrogens is 291 g/mol. The third kappa shape index (κ3) is 3.77. The van der Waals surface area contributed by atoms with Gasteiger partial charge in [-0.25, -0.2) is 0 Å². The smallest absolute Gasteiger partial charge is 0.252 e. The molecule has 1 rings (SSSR count). The summed E-state index contributed by atoms with van der Waals surface area (Å²) in [6.45, 7) is 4.27. The number of rotatable bonds is 5. The van der Waals surface area contributed by atoms with Crippen molar-refractivity contribution in [2.75, 3.05) is 19.6 Å². The molecule has 0 saturated carbocycles. The Bertz CT molecular complexity index is 371. The van der Waals surface area contributed by atoms with Crippen LogP contribution in [0.3, 0.4) is 0 Å². The lowest BCUT2D eigenvalue weighted by molar-refractivity contribution is 0.0954. The summed E-state index contributed by atoms with van der Waals surface area (Å²) in [5.74, 6) is -0.149. The van der Waals surface area contributed by atoms with Crippen molar-refractivity contribution >= 4 is 33.4 Å². The number of amides is 1. The lowest BCUT2D eigenvalue weighted by atomic mass is 10.2. The van der Waals surface area contributed by atoms with Gasteiger partial charge in [0.1, 0.15) is 0 Å². The summed E-state index contributed by atoms with van der Waals surface area (Å²) in [6, 6.07) is 5.29. The summed E-state index contributed by atoms with van der Waals surface area (Å²) < 4.78 is 0.730. The number of carbonyl (C=O) groups excluding carboxylic acids is 1. The molecule has 1 aromatic carbocycles. The minimum Gasteiger partial charge on any atom is -0.351 e. The van der Waals surface area contributed by atoms with E-state index in [9.17, 15) is 4.79 Å². The van der Waals surface area contributed by atoms with Crippen molar-refractivity contribution in [3.05, 3.63) is 33.3 Å². The summed E-state index contributed by atoms with van der Waals surface area (Å²) in [5, 5.41) is 6.37. The van der Waals surface area contributed by atoms with E-state index in [2.05, 4.69) is 26.6 Å². The molecule has 0 atom stereocenters. The van der Waals surface area contributed by atoms with E-state index < -0.39 is 0 Å². The number of benzene rings is 1. The Morgan fingerprint density at radius 3 is 2.88 bits per heavy atom. The number of hydrogen-bond acceptors (Lipinski definition) is 2. The number of carbonyl (C=O) groups is 1. The van der Waals surface area contributed by atoms with E-state index in [0.29, 0.717) is 17.1 Å². The second-order valence-electron chi connectivity index (χ2n) is 3.21. The zero-order chi connectivity index (χ0) is 12.0. The second kappa shape index (κ2) is 6.89. The van der Waals surface area contributed by atoms with E-state index in [4.69, 9.17) is 11.6 Å². The van der Waals surface area contributed by atoms with E-state index in [1.54, 1.807) is 18.2 Å². The molecule has 5 heteroatoms. The lowest BCUT2D eigenvalue weighted by Gasteiger charge is -2.07. The van der Waals surface area contributed by atoms with Gasteiger partial charge in [0, 0.05) is 17.6 Å². The molecule has 1 aromatic rings. The molecule has 0 aliphatic heterocycles. The first kappa shape index (κ1) is 13.5. The molecule has 3 nitrogen and oxygen atoms in total. The zero-order valence-corrected chi connectivity index (χ0v) is 11.4. The monoisotopic (exact) mass is 304 g/mol. The Morgan fingerprint density at radius 1 is 1.44 bits per heavy atom.